The van der Waals surface area contributed by atoms with Crippen molar-refractivity contribution >= 4 is 60.6 Å². The fourth-order valence-electron chi connectivity index (χ4n) is 3.07. The highest BCUT2D eigenvalue weighted by atomic mass is 79.9. The van der Waals surface area contributed by atoms with Crippen molar-refractivity contribution in [1.82, 2.24) is 4.98 Å². The number of amides is 1. The second-order valence-corrected chi connectivity index (χ2v) is 8.13. The lowest BCUT2D eigenvalue weighted by Crippen LogP contribution is -2.11. The van der Waals surface area contributed by atoms with Crippen LogP contribution in [-0.2, 0) is 0 Å². The first kappa shape index (κ1) is 18.9. The number of rotatable bonds is 3. The molecule has 142 valence electrons. The van der Waals surface area contributed by atoms with E-state index in [9.17, 15) is 10.1 Å². The summed E-state index contributed by atoms with van der Waals surface area (Å²) in [5, 5.41) is 13.1. The van der Waals surface area contributed by atoms with E-state index in [-0.39, 0.29) is 23.0 Å². The molecule has 29 heavy (non-hydrogen) atoms. The van der Waals surface area contributed by atoms with Crippen molar-refractivity contribution in [3.63, 3.8) is 0 Å². The predicted molar refractivity (Wildman–Crippen MR) is 121 cm³/mol. The standard InChI is InChI=1S/C21H14BrN5OS/c22-12-6-8-13(9-7-12)26-20(28)18-17(24)16-15(11-4-2-1-3-5-11)14(10-23)19(25)27-21(16)29-18/h1-9H,24H2,(H2,25,27)(H,26,28). The average molecular weight is 464 g/mol. The van der Waals surface area contributed by atoms with E-state index >= 15 is 0 Å². The van der Waals surface area contributed by atoms with E-state index < -0.39 is 0 Å². The maximum absolute atomic E-state index is 12.9. The normalized spacial score (nSPS) is 10.6. The lowest BCUT2D eigenvalue weighted by molar-refractivity contribution is 0.103. The van der Waals surface area contributed by atoms with Crippen molar-refractivity contribution in [3.05, 3.63) is 69.5 Å². The molecule has 2 heterocycles. The van der Waals surface area contributed by atoms with Gasteiger partial charge in [0.05, 0.1) is 5.69 Å². The number of nitriles is 1. The Bertz CT molecular complexity index is 1280. The maximum Gasteiger partial charge on any atom is 0.267 e. The highest BCUT2D eigenvalue weighted by Gasteiger charge is 2.24. The number of nitrogens with two attached hydrogens (primary N) is 2. The van der Waals surface area contributed by atoms with E-state index in [2.05, 4.69) is 32.3 Å². The molecule has 2 aromatic heterocycles. The van der Waals surface area contributed by atoms with Crippen molar-refractivity contribution in [2.45, 2.75) is 0 Å². The molecule has 0 unspecified atom stereocenters. The summed E-state index contributed by atoms with van der Waals surface area (Å²) in [5.41, 5.74) is 15.0. The van der Waals surface area contributed by atoms with E-state index in [1.165, 1.54) is 0 Å². The van der Waals surface area contributed by atoms with E-state index in [1.807, 2.05) is 42.5 Å². The number of benzene rings is 2. The molecule has 0 aliphatic rings. The van der Waals surface area contributed by atoms with Gasteiger partial charge in [-0.05, 0) is 29.8 Å². The number of carbonyl (C=O) groups excluding carboxylic acids is 1. The van der Waals surface area contributed by atoms with Crippen LogP contribution in [0.3, 0.4) is 0 Å². The third-order valence-electron chi connectivity index (χ3n) is 4.39. The van der Waals surface area contributed by atoms with Crippen molar-refractivity contribution in [2.24, 2.45) is 0 Å². The molecule has 0 bridgehead atoms. The fourth-order valence-corrected chi connectivity index (χ4v) is 4.34. The molecule has 0 saturated heterocycles. The number of carbonyl (C=O) groups is 1. The van der Waals surface area contributed by atoms with Crippen LogP contribution in [0.15, 0.2) is 59.1 Å². The van der Waals surface area contributed by atoms with Gasteiger partial charge in [0.25, 0.3) is 5.91 Å². The highest BCUT2D eigenvalue weighted by molar-refractivity contribution is 9.10. The van der Waals surface area contributed by atoms with Crippen LogP contribution < -0.4 is 16.8 Å². The van der Waals surface area contributed by atoms with Crippen LogP contribution in [0.1, 0.15) is 15.2 Å². The number of anilines is 3. The number of nitrogens with zero attached hydrogens (tertiary/aromatic N) is 2. The van der Waals surface area contributed by atoms with Crippen LogP contribution in [0, 0.1) is 11.3 Å². The zero-order valence-electron chi connectivity index (χ0n) is 14.9. The summed E-state index contributed by atoms with van der Waals surface area (Å²) < 4.78 is 0.910. The minimum Gasteiger partial charge on any atom is -0.397 e. The molecule has 0 aliphatic heterocycles. The van der Waals surface area contributed by atoms with E-state index in [4.69, 9.17) is 11.5 Å². The van der Waals surface area contributed by atoms with Gasteiger partial charge in [0.1, 0.15) is 27.2 Å². The molecule has 8 heteroatoms. The molecule has 4 aromatic rings. The van der Waals surface area contributed by atoms with Gasteiger partial charge in [0.2, 0.25) is 0 Å². The van der Waals surface area contributed by atoms with Gasteiger partial charge in [-0.1, -0.05) is 46.3 Å². The Labute approximate surface area is 178 Å². The maximum atomic E-state index is 12.9. The van der Waals surface area contributed by atoms with Crippen LogP contribution in [0.25, 0.3) is 21.3 Å². The van der Waals surface area contributed by atoms with Gasteiger partial charge >= 0.3 is 0 Å². The number of fused-ring (bicyclic) bond motifs is 1. The second-order valence-electron chi connectivity index (χ2n) is 6.21. The number of nitrogens with one attached hydrogen (secondary N) is 1. The van der Waals surface area contributed by atoms with Crippen LogP contribution in [-0.4, -0.2) is 10.9 Å². The molecule has 1 amide bonds. The lowest BCUT2D eigenvalue weighted by atomic mass is 9.97. The largest absolute Gasteiger partial charge is 0.397 e. The molecule has 6 nitrogen and oxygen atoms in total. The number of nitrogen functional groups attached to an aromatic ring is 2. The first-order valence-corrected chi connectivity index (χ1v) is 10.1. The molecule has 2 aromatic carbocycles. The molecule has 0 saturated carbocycles. The topological polar surface area (TPSA) is 118 Å². The Morgan fingerprint density at radius 2 is 1.79 bits per heavy atom. The predicted octanol–water partition coefficient (Wildman–Crippen LogP) is 5.01. The fraction of sp³-hybridized carbons (Fsp3) is 0. The van der Waals surface area contributed by atoms with Gasteiger partial charge in [-0.15, -0.1) is 11.3 Å². The Kier molecular flexibility index (Phi) is 4.92. The van der Waals surface area contributed by atoms with Crippen LogP contribution in [0.2, 0.25) is 0 Å². The van der Waals surface area contributed by atoms with E-state index in [0.717, 1.165) is 21.4 Å². The van der Waals surface area contributed by atoms with Crippen LogP contribution >= 0.6 is 27.3 Å². The number of halogens is 1. The quantitative estimate of drug-likeness (QED) is 0.394. The monoisotopic (exact) mass is 463 g/mol. The number of pyridine rings is 1. The van der Waals surface area contributed by atoms with Crippen LogP contribution in [0.4, 0.5) is 17.2 Å². The van der Waals surface area contributed by atoms with E-state index in [1.54, 1.807) is 12.1 Å². The summed E-state index contributed by atoms with van der Waals surface area (Å²) in [7, 11) is 0. The van der Waals surface area contributed by atoms with Crippen molar-refractivity contribution < 1.29 is 4.79 Å². The van der Waals surface area contributed by atoms with Gasteiger partial charge in [-0.2, -0.15) is 5.26 Å². The molecular weight excluding hydrogens is 450 g/mol. The summed E-state index contributed by atoms with van der Waals surface area (Å²) in [6.45, 7) is 0. The molecule has 0 radical (unpaired) electrons. The Morgan fingerprint density at radius 3 is 2.45 bits per heavy atom. The number of thiophene rings is 1. The minimum absolute atomic E-state index is 0.111. The number of aromatic nitrogens is 1. The summed E-state index contributed by atoms with van der Waals surface area (Å²) in [4.78, 5) is 18.0. The summed E-state index contributed by atoms with van der Waals surface area (Å²) in [6.07, 6.45) is 0. The lowest BCUT2D eigenvalue weighted by Gasteiger charge is -2.09. The number of hydrogen-bond acceptors (Lipinski definition) is 6. The smallest absolute Gasteiger partial charge is 0.267 e. The minimum atomic E-state index is -0.344. The zero-order chi connectivity index (χ0) is 20.5. The van der Waals surface area contributed by atoms with Gasteiger partial charge in [-0.25, -0.2) is 4.98 Å². The van der Waals surface area contributed by atoms with Gasteiger partial charge < -0.3 is 16.8 Å². The third kappa shape index (κ3) is 3.42. The average Bonchev–Trinajstić information content (AvgIpc) is 3.05. The number of hydrogen-bond donors (Lipinski definition) is 3. The Balaban J connectivity index is 1.88. The first-order valence-electron chi connectivity index (χ1n) is 8.53. The molecular formula is C21H14BrN5OS. The molecule has 4 rings (SSSR count). The summed E-state index contributed by atoms with van der Waals surface area (Å²) >= 11 is 4.51. The van der Waals surface area contributed by atoms with Gasteiger partial charge in [0, 0.05) is 21.1 Å². The van der Waals surface area contributed by atoms with Crippen molar-refractivity contribution in [1.29, 1.82) is 5.26 Å². The summed E-state index contributed by atoms with van der Waals surface area (Å²) in [6, 6.07) is 18.7. The van der Waals surface area contributed by atoms with Crippen molar-refractivity contribution in [3.8, 4) is 17.2 Å². The molecule has 0 spiro atoms. The van der Waals surface area contributed by atoms with Crippen LogP contribution in [0.5, 0.6) is 0 Å². The zero-order valence-corrected chi connectivity index (χ0v) is 17.3. The van der Waals surface area contributed by atoms with E-state index in [0.29, 0.717) is 26.3 Å². The SMILES string of the molecule is N#Cc1c(N)nc2sc(C(=O)Nc3ccc(Br)cc3)c(N)c2c1-c1ccccc1. The van der Waals surface area contributed by atoms with Gasteiger partial charge in [0.15, 0.2) is 0 Å². The molecule has 5 N–H and O–H groups in total. The second kappa shape index (κ2) is 7.54. The Hall–Kier alpha value is -3.41. The first-order chi connectivity index (χ1) is 14.0. The molecule has 0 fully saturated rings. The molecule has 0 aliphatic carbocycles. The summed E-state index contributed by atoms with van der Waals surface area (Å²) in [5.74, 6) is -0.233. The third-order valence-corrected chi connectivity index (χ3v) is 6.01. The van der Waals surface area contributed by atoms with Crippen molar-refractivity contribution in [2.75, 3.05) is 16.8 Å². The molecule has 0 atom stereocenters. The Morgan fingerprint density at radius 1 is 1.10 bits per heavy atom. The highest BCUT2D eigenvalue weighted by Crippen LogP contribution is 2.42. The van der Waals surface area contributed by atoms with Gasteiger partial charge in [-0.3, -0.25) is 4.79 Å².